The summed E-state index contributed by atoms with van der Waals surface area (Å²) in [5.41, 5.74) is 0. The molecule has 0 saturated carbocycles. The Kier molecular flexibility index (Phi) is 5.04. The number of aliphatic hydroxyl groups excluding tert-OH is 1. The summed E-state index contributed by atoms with van der Waals surface area (Å²) in [4.78, 5) is 4.34. The SMILES string of the molecule is CCn1ccnc1CC(O)C1CSC(C)C(C)S1. The maximum Gasteiger partial charge on any atom is 0.111 e. The highest BCUT2D eigenvalue weighted by Crippen LogP contribution is 2.37. The zero-order valence-electron chi connectivity index (χ0n) is 11.2. The van der Waals surface area contributed by atoms with Crippen molar-refractivity contribution >= 4 is 23.5 Å². The maximum absolute atomic E-state index is 10.4. The van der Waals surface area contributed by atoms with Gasteiger partial charge in [-0.05, 0) is 6.92 Å². The van der Waals surface area contributed by atoms with Crippen LogP contribution < -0.4 is 0 Å². The number of imidazole rings is 1. The molecule has 18 heavy (non-hydrogen) atoms. The standard InChI is InChI=1S/C13H22N2OS2/c1-4-15-6-5-14-13(15)7-11(16)12-8-17-9(2)10(3)18-12/h5-6,9-12,16H,4,7-8H2,1-3H3. The highest BCUT2D eigenvalue weighted by atomic mass is 32.2. The molecule has 1 saturated heterocycles. The van der Waals surface area contributed by atoms with Crippen LogP contribution in [-0.4, -0.2) is 42.3 Å². The van der Waals surface area contributed by atoms with Gasteiger partial charge in [-0.2, -0.15) is 23.5 Å². The predicted molar refractivity (Wildman–Crippen MR) is 80.4 cm³/mol. The number of nitrogens with zero attached hydrogens (tertiary/aromatic N) is 2. The largest absolute Gasteiger partial charge is 0.391 e. The van der Waals surface area contributed by atoms with Crippen LogP contribution in [0.4, 0.5) is 0 Å². The Hall–Kier alpha value is -0.130. The lowest BCUT2D eigenvalue weighted by Crippen LogP contribution is -2.36. The van der Waals surface area contributed by atoms with E-state index >= 15 is 0 Å². The first-order valence-electron chi connectivity index (χ1n) is 6.57. The van der Waals surface area contributed by atoms with Crippen molar-refractivity contribution < 1.29 is 5.11 Å². The quantitative estimate of drug-likeness (QED) is 0.922. The third-order valence-electron chi connectivity index (χ3n) is 3.54. The molecule has 1 fully saturated rings. The van der Waals surface area contributed by atoms with Crippen molar-refractivity contribution in [2.75, 3.05) is 5.75 Å². The van der Waals surface area contributed by atoms with Gasteiger partial charge in [0.1, 0.15) is 5.82 Å². The molecule has 0 radical (unpaired) electrons. The fourth-order valence-corrected chi connectivity index (χ4v) is 5.16. The second kappa shape index (κ2) is 6.35. The van der Waals surface area contributed by atoms with Crippen molar-refractivity contribution in [2.24, 2.45) is 0 Å². The summed E-state index contributed by atoms with van der Waals surface area (Å²) in [6, 6.07) is 0. The van der Waals surface area contributed by atoms with E-state index in [1.807, 2.05) is 35.9 Å². The molecule has 1 aliphatic rings. The van der Waals surface area contributed by atoms with Crippen molar-refractivity contribution in [1.29, 1.82) is 0 Å². The summed E-state index contributed by atoms with van der Waals surface area (Å²) in [5.74, 6) is 2.05. The lowest BCUT2D eigenvalue weighted by atomic mass is 10.2. The van der Waals surface area contributed by atoms with Crippen LogP contribution in [0.5, 0.6) is 0 Å². The molecule has 0 aliphatic carbocycles. The van der Waals surface area contributed by atoms with Gasteiger partial charge in [0.15, 0.2) is 0 Å². The van der Waals surface area contributed by atoms with Crippen LogP contribution in [-0.2, 0) is 13.0 Å². The Morgan fingerprint density at radius 1 is 1.50 bits per heavy atom. The highest BCUT2D eigenvalue weighted by Gasteiger charge is 2.30. The average molecular weight is 286 g/mol. The minimum Gasteiger partial charge on any atom is -0.391 e. The van der Waals surface area contributed by atoms with E-state index in [9.17, 15) is 5.11 Å². The number of aliphatic hydroxyl groups is 1. The molecule has 1 aliphatic heterocycles. The smallest absolute Gasteiger partial charge is 0.111 e. The van der Waals surface area contributed by atoms with Crippen LogP contribution in [0.2, 0.25) is 0 Å². The summed E-state index contributed by atoms with van der Waals surface area (Å²) in [5, 5.41) is 12.0. The van der Waals surface area contributed by atoms with Gasteiger partial charge in [-0.1, -0.05) is 13.8 Å². The fourth-order valence-electron chi connectivity index (χ4n) is 2.15. The molecular weight excluding hydrogens is 264 g/mol. The van der Waals surface area contributed by atoms with Crippen LogP contribution in [0.25, 0.3) is 0 Å². The molecule has 5 heteroatoms. The predicted octanol–water partition coefficient (Wildman–Crippen LogP) is 2.43. The van der Waals surface area contributed by atoms with E-state index in [1.54, 1.807) is 0 Å². The van der Waals surface area contributed by atoms with Crippen molar-refractivity contribution in [2.45, 2.75) is 55.6 Å². The highest BCUT2D eigenvalue weighted by molar-refractivity contribution is 8.07. The van der Waals surface area contributed by atoms with E-state index in [4.69, 9.17) is 0 Å². The Bertz CT molecular complexity index is 383. The molecule has 3 nitrogen and oxygen atoms in total. The summed E-state index contributed by atoms with van der Waals surface area (Å²) >= 11 is 3.91. The van der Waals surface area contributed by atoms with Gasteiger partial charge >= 0.3 is 0 Å². The van der Waals surface area contributed by atoms with Crippen molar-refractivity contribution in [1.82, 2.24) is 9.55 Å². The van der Waals surface area contributed by atoms with Crippen LogP contribution in [0.3, 0.4) is 0 Å². The Labute approximate surface area is 118 Å². The topological polar surface area (TPSA) is 38.0 Å². The molecule has 0 spiro atoms. The van der Waals surface area contributed by atoms with Crippen LogP contribution in [0.15, 0.2) is 12.4 Å². The molecule has 4 unspecified atom stereocenters. The third kappa shape index (κ3) is 3.25. The lowest BCUT2D eigenvalue weighted by Gasteiger charge is -2.33. The molecule has 1 aromatic heterocycles. The third-order valence-corrected chi connectivity index (χ3v) is 7.07. The zero-order valence-corrected chi connectivity index (χ0v) is 12.9. The van der Waals surface area contributed by atoms with E-state index in [1.165, 1.54) is 0 Å². The van der Waals surface area contributed by atoms with Crippen molar-refractivity contribution in [3.05, 3.63) is 18.2 Å². The molecular formula is C13H22N2OS2. The molecule has 0 bridgehead atoms. The summed E-state index contributed by atoms with van der Waals surface area (Å²) in [6.07, 6.45) is 4.18. The van der Waals surface area contributed by atoms with Gasteiger partial charge < -0.3 is 9.67 Å². The normalized spacial score (nSPS) is 30.3. The maximum atomic E-state index is 10.4. The molecule has 4 atom stereocenters. The van der Waals surface area contributed by atoms with Crippen LogP contribution in [0.1, 0.15) is 26.6 Å². The van der Waals surface area contributed by atoms with Gasteiger partial charge in [-0.25, -0.2) is 4.98 Å². The fraction of sp³-hybridized carbons (Fsp3) is 0.769. The Balaban J connectivity index is 1.94. The molecule has 2 heterocycles. The van der Waals surface area contributed by atoms with Gasteiger partial charge in [0, 0.05) is 46.9 Å². The van der Waals surface area contributed by atoms with E-state index in [0.717, 1.165) is 18.1 Å². The lowest BCUT2D eigenvalue weighted by molar-refractivity contribution is 0.173. The molecule has 2 rings (SSSR count). The van der Waals surface area contributed by atoms with Crippen LogP contribution >= 0.6 is 23.5 Å². The number of aryl methyl sites for hydroxylation is 1. The minimum atomic E-state index is -0.287. The Morgan fingerprint density at radius 2 is 2.28 bits per heavy atom. The molecule has 102 valence electrons. The number of thioether (sulfide) groups is 2. The monoisotopic (exact) mass is 286 g/mol. The average Bonchev–Trinajstić information content (AvgIpc) is 2.79. The molecule has 0 amide bonds. The second-order valence-corrected chi connectivity index (χ2v) is 7.85. The van der Waals surface area contributed by atoms with Gasteiger partial charge in [0.05, 0.1) is 6.10 Å². The molecule has 0 aromatic carbocycles. The number of aromatic nitrogens is 2. The molecule has 1 aromatic rings. The Morgan fingerprint density at radius 3 is 2.94 bits per heavy atom. The number of rotatable bonds is 4. The van der Waals surface area contributed by atoms with Crippen molar-refractivity contribution in [3.63, 3.8) is 0 Å². The first-order chi connectivity index (χ1) is 8.61. The van der Waals surface area contributed by atoms with E-state index in [-0.39, 0.29) is 6.10 Å². The summed E-state index contributed by atoms with van der Waals surface area (Å²) in [7, 11) is 0. The van der Waals surface area contributed by atoms with Gasteiger partial charge in [0.2, 0.25) is 0 Å². The van der Waals surface area contributed by atoms with Gasteiger partial charge in [-0.15, -0.1) is 0 Å². The summed E-state index contributed by atoms with van der Waals surface area (Å²) in [6.45, 7) is 7.55. The van der Waals surface area contributed by atoms with Gasteiger partial charge in [-0.3, -0.25) is 0 Å². The van der Waals surface area contributed by atoms with Gasteiger partial charge in [0.25, 0.3) is 0 Å². The second-order valence-electron chi connectivity index (χ2n) is 4.82. The van der Waals surface area contributed by atoms with Crippen LogP contribution in [0, 0.1) is 0 Å². The first kappa shape index (κ1) is 14.3. The first-order valence-corrected chi connectivity index (χ1v) is 8.56. The van der Waals surface area contributed by atoms with Crippen molar-refractivity contribution in [3.8, 4) is 0 Å². The number of hydrogen-bond acceptors (Lipinski definition) is 4. The van der Waals surface area contributed by atoms with E-state index in [2.05, 4.69) is 30.3 Å². The van der Waals surface area contributed by atoms with E-state index < -0.39 is 0 Å². The van der Waals surface area contributed by atoms with E-state index in [0.29, 0.717) is 22.2 Å². The number of hydrogen-bond donors (Lipinski definition) is 1. The molecule has 1 N–H and O–H groups in total. The minimum absolute atomic E-state index is 0.287. The summed E-state index contributed by atoms with van der Waals surface area (Å²) < 4.78 is 2.11. The zero-order chi connectivity index (χ0) is 13.1.